The van der Waals surface area contributed by atoms with Crippen LogP contribution in [-0.2, 0) is 6.54 Å². The van der Waals surface area contributed by atoms with Crippen LogP contribution in [0.5, 0.6) is 11.5 Å². The molecule has 0 aliphatic carbocycles. The fraction of sp³-hybridized carbons (Fsp3) is 0.333. The Morgan fingerprint density at radius 3 is 2.43 bits per heavy atom. The van der Waals surface area contributed by atoms with E-state index in [0.717, 1.165) is 0 Å². The Labute approximate surface area is 87.7 Å². The Morgan fingerprint density at radius 2 is 2.00 bits per heavy atom. The topological polar surface area (TPSA) is 70.5 Å². The van der Waals surface area contributed by atoms with E-state index >= 15 is 0 Å². The van der Waals surface area contributed by atoms with Crippen LogP contribution in [0.2, 0.25) is 5.02 Å². The summed E-state index contributed by atoms with van der Waals surface area (Å²) in [4.78, 5) is 0. The smallest absolute Gasteiger partial charge is 0.166 e. The first-order valence-corrected chi connectivity index (χ1v) is 4.42. The van der Waals surface area contributed by atoms with Gasteiger partial charge in [0.2, 0.25) is 0 Å². The number of ether oxygens (including phenoxy) is 2. The van der Waals surface area contributed by atoms with E-state index in [4.69, 9.17) is 32.5 Å². The standard InChI is InChI=1S/C9H13ClN2O2/c1-13-7-3-6(12)8(10)5(4-11)9(7)14-2/h3H,4,11-12H2,1-2H3. The summed E-state index contributed by atoms with van der Waals surface area (Å²) in [5, 5.41) is 0.421. The number of anilines is 1. The Hall–Kier alpha value is -1.13. The molecule has 0 aromatic heterocycles. The van der Waals surface area contributed by atoms with Crippen molar-refractivity contribution in [2.75, 3.05) is 20.0 Å². The Kier molecular flexibility index (Phi) is 3.43. The molecule has 4 N–H and O–H groups in total. The van der Waals surface area contributed by atoms with Gasteiger partial charge < -0.3 is 20.9 Å². The minimum atomic E-state index is 0.253. The molecule has 1 rings (SSSR count). The van der Waals surface area contributed by atoms with Crippen LogP contribution in [0.25, 0.3) is 0 Å². The molecule has 0 heterocycles. The normalized spacial score (nSPS) is 10.0. The molecule has 78 valence electrons. The van der Waals surface area contributed by atoms with E-state index in [1.54, 1.807) is 6.07 Å². The first-order chi connectivity index (χ1) is 6.65. The van der Waals surface area contributed by atoms with Gasteiger partial charge in [-0.25, -0.2) is 0 Å². The lowest BCUT2D eigenvalue weighted by molar-refractivity contribution is 0.352. The highest BCUT2D eigenvalue weighted by Crippen LogP contribution is 2.39. The number of halogens is 1. The van der Waals surface area contributed by atoms with Gasteiger partial charge >= 0.3 is 0 Å². The molecule has 0 atom stereocenters. The lowest BCUT2D eigenvalue weighted by Crippen LogP contribution is -2.04. The van der Waals surface area contributed by atoms with Crippen molar-refractivity contribution in [2.24, 2.45) is 5.73 Å². The van der Waals surface area contributed by atoms with Crippen molar-refractivity contribution in [2.45, 2.75) is 6.54 Å². The minimum Gasteiger partial charge on any atom is -0.493 e. The molecule has 14 heavy (non-hydrogen) atoms. The minimum absolute atomic E-state index is 0.253. The summed E-state index contributed by atoms with van der Waals surface area (Å²) in [6, 6.07) is 1.61. The summed E-state index contributed by atoms with van der Waals surface area (Å²) in [5.41, 5.74) is 12.3. The van der Waals surface area contributed by atoms with Gasteiger partial charge in [0, 0.05) is 18.2 Å². The molecule has 0 unspecified atom stereocenters. The van der Waals surface area contributed by atoms with Crippen LogP contribution < -0.4 is 20.9 Å². The van der Waals surface area contributed by atoms with Gasteiger partial charge in [-0.05, 0) is 0 Å². The molecule has 0 saturated carbocycles. The van der Waals surface area contributed by atoms with Crippen molar-refractivity contribution in [3.8, 4) is 11.5 Å². The highest BCUT2D eigenvalue weighted by molar-refractivity contribution is 6.34. The van der Waals surface area contributed by atoms with Gasteiger partial charge in [-0.3, -0.25) is 0 Å². The lowest BCUT2D eigenvalue weighted by Gasteiger charge is -2.14. The maximum Gasteiger partial charge on any atom is 0.166 e. The molecule has 0 amide bonds. The third kappa shape index (κ3) is 1.71. The quantitative estimate of drug-likeness (QED) is 0.750. The van der Waals surface area contributed by atoms with Crippen molar-refractivity contribution in [1.29, 1.82) is 0 Å². The maximum atomic E-state index is 5.97. The molecule has 0 bridgehead atoms. The summed E-state index contributed by atoms with van der Waals surface area (Å²) < 4.78 is 10.2. The number of nitrogen functional groups attached to an aromatic ring is 1. The molecule has 0 radical (unpaired) electrons. The molecule has 4 nitrogen and oxygen atoms in total. The van der Waals surface area contributed by atoms with Gasteiger partial charge in [0.1, 0.15) is 0 Å². The summed E-state index contributed by atoms with van der Waals surface area (Å²) in [5.74, 6) is 1.07. The monoisotopic (exact) mass is 216 g/mol. The fourth-order valence-electron chi connectivity index (χ4n) is 1.25. The molecular formula is C9H13ClN2O2. The van der Waals surface area contributed by atoms with E-state index in [-0.39, 0.29) is 6.54 Å². The zero-order valence-electron chi connectivity index (χ0n) is 8.13. The van der Waals surface area contributed by atoms with Gasteiger partial charge in [0.15, 0.2) is 11.5 Å². The van der Waals surface area contributed by atoms with Crippen LogP contribution in [0, 0.1) is 0 Å². The van der Waals surface area contributed by atoms with Crippen LogP contribution in [-0.4, -0.2) is 14.2 Å². The third-order valence-electron chi connectivity index (χ3n) is 1.93. The van der Waals surface area contributed by atoms with Crippen LogP contribution in [0.4, 0.5) is 5.69 Å². The number of hydrogen-bond acceptors (Lipinski definition) is 4. The average molecular weight is 217 g/mol. The SMILES string of the molecule is COc1cc(N)c(Cl)c(CN)c1OC. The summed E-state index contributed by atoms with van der Waals surface area (Å²) >= 11 is 5.97. The Bertz CT molecular complexity index is 342. The lowest BCUT2D eigenvalue weighted by atomic mass is 10.1. The van der Waals surface area contributed by atoms with E-state index in [1.807, 2.05) is 0 Å². The fourth-order valence-corrected chi connectivity index (χ4v) is 1.47. The van der Waals surface area contributed by atoms with E-state index in [0.29, 0.717) is 27.8 Å². The Morgan fingerprint density at radius 1 is 1.36 bits per heavy atom. The number of benzene rings is 1. The molecule has 0 aliphatic heterocycles. The van der Waals surface area contributed by atoms with Crippen LogP contribution in [0.3, 0.4) is 0 Å². The van der Waals surface area contributed by atoms with Gasteiger partial charge in [-0.15, -0.1) is 0 Å². The predicted molar refractivity (Wildman–Crippen MR) is 56.9 cm³/mol. The molecule has 1 aromatic rings. The zero-order chi connectivity index (χ0) is 10.7. The van der Waals surface area contributed by atoms with Gasteiger partial charge in [0.25, 0.3) is 0 Å². The number of rotatable bonds is 3. The Balaban J connectivity index is 3.42. The molecule has 0 fully saturated rings. The van der Waals surface area contributed by atoms with Crippen molar-refractivity contribution in [3.63, 3.8) is 0 Å². The second kappa shape index (κ2) is 4.39. The van der Waals surface area contributed by atoms with Crippen molar-refractivity contribution < 1.29 is 9.47 Å². The molecular weight excluding hydrogens is 204 g/mol. The van der Waals surface area contributed by atoms with Crippen molar-refractivity contribution >= 4 is 17.3 Å². The summed E-state index contributed by atoms with van der Waals surface area (Å²) in [6.07, 6.45) is 0. The summed E-state index contributed by atoms with van der Waals surface area (Å²) in [7, 11) is 3.06. The van der Waals surface area contributed by atoms with Crippen LogP contribution in [0.1, 0.15) is 5.56 Å². The molecule has 0 aliphatic rings. The van der Waals surface area contributed by atoms with E-state index in [1.165, 1.54) is 14.2 Å². The van der Waals surface area contributed by atoms with E-state index in [9.17, 15) is 0 Å². The number of methoxy groups -OCH3 is 2. The zero-order valence-corrected chi connectivity index (χ0v) is 8.89. The maximum absolute atomic E-state index is 5.97. The molecule has 5 heteroatoms. The van der Waals surface area contributed by atoms with E-state index < -0.39 is 0 Å². The number of hydrogen-bond donors (Lipinski definition) is 2. The number of nitrogens with two attached hydrogens (primary N) is 2. The first-order valence-electron chi connectivity index (χ1n) is 4.04. The first kappa shape index (κ1) is 10.9. The van der Waals surface area contributed by atoms with Crippen LogP contribution in [0.15, 0.2) is 6.07 Å². The van der Waals surface area contributed by atoms with Gasteiger partial charge in [-0.1, -0.05) is 11.6 Å². The third-order valence-corrected chi connectivity index (χ3v) is 2.38. The highest BCUT2D eigenvalue weighted by atomic mass is 35.5. The van der Waals surface area contributed by atoms with Crippen molar-refractivity contribution in [1.82, 2.24) is 0 Å². The molecule has 1 aromatic carbocycles. The second-order valence-corrected chi connectivity index (χ2v) is 3.08. The second-order valence-electron chi connectivity index (χ2n) is 2.70. The summed E-state index contributed by atoms with van der Waals surface area (Å²) in [6.45, 7) is 0.253. The van der Waals surface area contributed by atoms with Crippen molar-refractivity contribution in [3.05, 3.63) is 16.7 Å². The van der Waals surface area contributed by atoms with E-state index in [2.05, 4.69) is 0 Å². The predicted octanol–water partition coefficient (Wildman–Crippen LogP) is 1.40. The van der Waals surface area contributed by atoms with Gasteiger partial charge in [-0.2, -0.15) is 0 Å². The molecule has 0 saturated heterocycles. The van der Waals surface area contributed by atoms with Crippen LogP contribution >= 0.6 is 11.6 Å². The van der Waals surface area contributed by atoms with Gasteiger partial charge in [0.05, 0.1) is 24.9 Å². The highest BCUT2D eigenvalue weighted by Gasteiger charge is 2.15. The largest absolute Gasteiger partial charge is 0.493 e. The molecule has 0 spiro atoms. The average Bonchev–Trinajstić information content (AvgIpc) is 2.20.